The molecule has 0 spiro atoms. The van der Waals surface area contributed by atoms with Crippen LogP contribution in [0.4, 0.5) is 0 Å². The Hall–Kier alpha value is -2.08. The Balaban J connectivity index is 0.000000340. The van der Waals surface area contributed by atoms with Crippen LogP contribution in [0.5, 0.6) is 0 Å². The van der Waals surface area contributed by atoms with Crippen molar-refractivity contribution in [2.45, 2.75) is 128 Å². The molecule has 0 amide bonds. The molecule has 0 aromatic carbocycles. The van der Waals surface area contributed by atoms with E-state index in [4.69, 9.17) is 9.68 Å². The molecule has 2 aliphatic carbocycles. The molecule has 0 bridgehead atoms. The minimum absolute atomic E-state index is 0.0526. The Kier molecular flexibility index (Phi) is 11.6. The molecule has 200 valence electrons. The quantitative estimate of drug-likeness (QED) is 0.326. The molecule has 0 unspecified atom stereocenters. The van der Waals surface area contributed by atoms with Crippen molar-refractivity contribution in [1.82, 2.24) is 10.0 Å². The molecular formula is C22H46N6O6. The number of nitrogens with zero attached hydrogens (tertiary/aromatic N) is 6. The van der Waals surface area contributed by atoms with Crippen LogP contribution >= 0.6 is 0 Å². The first-order valence-electron chi connectivity index (χ1n) is 12.1. The van der Waals surface area contributed by atoms with Crippen molar-refractivity contribution in [2.75, 3.05) is 14.1 Å². The van der Waals surface area contributed by atoms with Gasteiger partial charge in [0.25, 0.3) is 0 Å². The fourth-order valence-electron chi connectivity index (χ4n) is 3.14. The third-order valence-electron chi connectivity index (χ3n) is 6.27. The predicted octanol–water partition coefficient (Wildman–Crippen LogP) is 3.66. The summed E-state index contributed by atoms with van der Waals surface area (Å²) in [5.74, 6) is 0. The highest BCUT2D eigenvalue weighted by Crippen LogP contribution is 2.22. The maximum Gasteiger partial charge on any atom is 0.233 e. The van der Waals surface area contributed by atoms with E-state index in [0.717, 1.165) is 25.7 Å². The lowest BCUT2D eigenvalue weighted by molar-refractivity contribution is -0.720. The lowest BCUT2D eigenvalue weighted by Gasteiger charge is -2.27. The summed E-state index contributed by atoms with van der Waals surface area (Å²) in [6, 6.07) is 0. The highest BCUT2D eigenvalue weighted by Gasteiger charge is 2.27. The van der Waals surface area contributed by atoms with Gasteiger partial charge in [-0.1, -0.05) is 0 Å². The predicted molar refractivity (Wildman–Crippen MR) is 126 cm³/mol. The van der Waals surface area contributed by atoms with E-state index in [1.54, 1.807) is 14.1 Å². The molecule has 2 rings (SSSR count). The van der Waals surface area contributed by atoms with Crippen LogP contribution in [0, 0.1) is 10.4 Å². The topological polar surface area (TPSA) is 142 Å². The van der Waals surface area contributed by atoms with Crippen molar-refractivity contribution in [1.29, 1.82) is 0 Å². The molecule has 12 heteroatoms. The van der Waals surface area contributed by atoms with E-state index >= 15 is 0 Å². The molecule has 0 aromatic heterocycles. The third-order valence-corrected chi connectivity index (χ3v) is 6.27. The van der Waals surface area contributed by atoms with Gasteiger partial charge in [0.15, 0.2) is 0 Å². The highest BCUT2D eigenvalue weighted by atomic mass is 16.7. The van der Waals surface area contributed by atoms with Crippen LogP contribution in [0.15, 0.2) is 10.6 Å². The monoisotopic (exact) mass is 490 g/mol. The van der Waals surface area contributed by atoms with E-state index in [-0.39, 0.29) is 35.5 Å². The second-order valence-electron chi connectivity index (χ2n) is 11.1. The zero-order valence-electron chi connectivity index (χ0n) is 22.2. The highest BCUT2D eigenvalue weighted by molar-refractivity contribution is 4.71. The van der Waals surface area contributed by atoms with Gasteiger partial charge in [-0.25, -0.2) is 0 Å². The second-order valence-corrected chi connectivity index (χ2v) is 11.1. The summed E-state index contributed by atoms with van der Waals surface area (Å²) < 4.78 is 0. The smallest absolute Gasteiger partial charge is 0.233 e. The van der Waals surface area contributed by atoms with Gasteiger partial charge in [-0.15, -0.1) is 10.0 Å². The van der Waals surface area contributed by atoms with Crippen LogP contribution in [0.3, 0.4) is 0 Å². The van der Waals surface area contributed by atoms with Crippen molar-refractivity contribution in [3.05, 3.63) is 10.4 Å². The number of hydrogen-bond donors (Lipinski definition) is 2. The summed E-state index contributed by atoms with van der Waals surface area (Å²) >= 11 is 0. The molecule has 0 radical (unpaired) electrons. The molecule has 2 N–H and O–H groups in total. The van der Waals surface area contributed by atoms with Crippen LogP contribution < -0.4 is 0 Å². The normalized spacial score (nSPS) is 26.8. The average molecular weight is 491 g/mol. The largest absolute Gasteiger partial charge is 0.569 e. The summed E-state index contributed by atoms with van der Waals surface area (Å²) in [7, 11) is 3.34. The first-order chi connectivity index (χ1) is 15.6. The number of hydrazine groups is 2. The van der Waals surface area contributed by atoms with Crippen LogP contribution in [-0.2, 0) is 9.68 Å². The molecule has 0 atom stereocenters. The first kappa shape index (κ1) is 30.0. The summed E-state index contributed by atoms with van der Waals surface area (Å²) in [5.41, 5.74) is -0.589. The van der Waals surface area contributed by atoms with E-state index in [1.807, 2.05) is 41.5 Å². The standard InChI is InChI=1S/2C11H23N3O3/c2*1-11(2,3)13(4)14(16)12-17-10-7-5-9(15)6-8-10/h2*9-10,15H,5-8H2,1-4H3/b2*14-12-. The maximum atomic E-state index is 11.6. The van der Waals surface area contributed by atoms with Gasteiger partial charge in [-0.05, 0) is 92.9 Å². The van der Waals surface area contributed by atoms with E-state index in [2.05, 4.69) is 10.6 Å². The summed E-state index contributed by atoms with van der Waals surface area (Å²) in [6.07, 6.45) is 5.30. The summed E-state index contributed by atoms with van der Waals surface area (Å²) in [5, 5.41) is 51.9. The van der Waals surface area contributed by atoms with Crippen molar-refractivity contribution in [3.63, 3.8) is 0 Å². The molecule has 0 heterocycles. The Morgan fingerprint density at radius 2 is 0.912 bits per heavy atom. The second kappa shape index (κ2) is 13.1. The van der Waals surface area contributed by atoms with Gasteiger partial charge in [0.2, 0.25) is 10.6 Å². The van der Waals surface area contributed by atoms with E-state index in [1.165, 1.54) is 10.0 Å². The van der Waals surface area contributed by atoms with Crippen LogP contribution in [0.1, 0.15) is 92.9 Å². The zero-order chi connectivity index (χ0) is 26.1. The Morgan fingerprint density at radius 3 is 1.15 bits per heavy atom. The molecule has 2 fully saturated rings. The maximum absolute atomic E-state index is 11.6. The van der Waals surface area contributed by atoms with Gasteiger partial charge >= 0.3 is 0 Å². The van der Waals surface area contributed by atoms with Gasteiger partial charge in [-0.3, -0.25) is 0 Å². The Labute approximate surface area is 203 Å². The molecule has 0 aromatic rings. The molecule has 34 heavy (non-hydrogen) atoms. The lowest BCUT2D eigenvalue weighted by Crippen LogP contribution is -2.42. The molecule has 12 nitrogen and oxygen atoms in total. The number of rotatable bonds is 6. The molecule has 0 aliphatic heterocycles. The average Bonchev–Trinajstić information content (AvgIpc) is 2.76. The number of aliphatic hydroxyl groups is 2. The fraction of sp³-hybridized carbons (Fsp3) is 1.00. The fourth-order valence-corrected chi connectivity index (χ4v) is 3.14. The first-order valence-corrected chi connectivity index (χ1v) is 12.1. The van der Waals surface area contributed by atoms with Gasteiger partial charge in [-0.2, -0.15) is 0 Å². The summed E-state index contributed by atoms with van der Waals surface area (Å²) in [6.45, 7) is 11.5. The Bertz CT molecular complexity index is 591. The van der Waals surface area contributed by atoms with Crippen LogP contribution in [0.25, 0.3) is 0 Å². The number of aliphatic hydroxyl groups excluding tert-OH is 2. The molecule has 2 saturated carbocycles. The summed E-state index contributed by atoms with van der Waals surface area (Å²) in [4.78, 5) is 11.3. The van der Waals surface area contributed by atoms with Crippen LogP contribution in [-0.4, -0.2) is 79.8 Å². The van der Waals surface area contributed by atoms with E-state index in [9.17, 15) is 20.6 Å². The van der Waals surface area contributed by atoms with Gasteiger partial charge < -0.3 is 30.3 Å². The van der Waals surface area contributed by atoms with Gasteiger partial charge in [0.05, 0.1) is 47.3 Å². The van der Waals surface area contributed by atoms with E-state index < -0.39 is 0 Å². The molecule has 0 saturated heterocycles. The van der Waals surface area contributed by atoms with Crippen molar-refractivity contribution >= 4 is 0 Å². The van der Waals surface area contributed by atoms with Crippen molar-refractivity contribution < 1.29 is 29.8 Å². The van der Waals surface area contributed by atoms with Crippen LogP contribution in [0.2, 0.25) is 0 Å². The number of hydrogen-bond acceptors (Lipinski definition) is 8. The van der Waals surface area contributed by atoms with Gasteiger partial charge in [0, 0.05) is 0 Å². The van der Waals surface area contributed by atoms with E-state index in [0.29, 0.717) is 35.6 Å². The third kappa shape index (κ3) is 10.9. The molecular weight excluding hydrogens is 444 g/mol. The minimum atomic E-state index is -0.294. The van der Waals surface area contributed by atoms with Gasteiger partial charge in [0.1, 0.15) is 12.2 Å². The SMILES string of the molecule is CN(/[N+]([O-])=N/OC1CCC(O)CC1)C(C)(C)C.CN(/[N+]([O-])=N/OC1CCC(O)CC1)C(C)(C)C. The lowest BCUT2D eigenvalue weighted by atomic mass is 9.95. The minimum Gasteiger partial charge on any atom is -0.569 e. The Morgan fingerprint density at radius 1 is 0.647 bits per heavy atom. The van der Waals surface area contributed by atoms with Crippen molar-refractivity contribution in [3.8, 4) is 0 Å². The van der Waals surface area contributed by atoms with Crippen molar-refractivity contribution in [2.24, 2.45) is 10.6 Å². The zero-order valence-corrected chi connectivity index (χ0v) is 22.2. The molecule has 2 aliphatic rings.